The average Bonchev–Trinajstić information content (AvgIpc) is 3.47. The normalized spacial score (nSPS) is 13.7. The maximum absolute atomic E-state index is 12.4. The van der Waals surface area contributed by atoms with E-state index in [9.17, 15) is 9.59 Å². The van der Waals surface area contributed by atoms with Gasteiger partial charge in [0.15, 0.2) is 5.78 Å². The molecule has 0 bridgehead atoms. The van der Waals surface area contributed by atoms with E-state index in [0.717, 1.165) is 33.9 Å². The Labute approximate surface area is 172 Å². The third-order valence-corrected chi connectivity index (χ3v) is 6.95. The summed E-state index contributed by atoms with van der Waals surface area (Å²) >= 11 is 3.16. The van der Waals surface area contributed by atoms with Gasteiger partial charge in [0.05, 0.1) is 5.75 Å². The van der Waals surface area contributed by atoms with Gasteiger partial charge in [-0.3, -0.25) is 9.59 Å². The summed E-state index contributed by atoms with van der Waals surface area (Å²) in [4.78, 5) is 35.6. The number of ketones is 1. The van der Waals surface area contributed by atoms with E-state index in [-0.39, 0.29) is 17.4 Å². The van der Waals surface area contributed by atoms with Crippen LogP contribution >= 0.6 is 23.1 Å². The molecule has 28 heavy (non-hydrogen) atoms. The highest BCUT2D eigenvalue weighted by Crippen LogP contribution is 2.42. The molecular formula is C21H21N3O2S2. The number of rotatable bonds is 6. The Morgan fingerprint density at radius 3 is 2.54 bits per heavy atom. The topological polar surface area (TPSA) is 72.0 Å². The molecule has 0 aliphatic heterocycles. The molecule has 5 nitrogen and oxygen atoms in total. The molecular weight excluding hydrogens is 390 g/mol. The Kier molecular flexibility index (Phi) is 5.21. The molecule has 1 amide bonds. The number of amides is 1. The lowest BCUT2D eigenvalue weighted by Crippen LogP contribution is -2.14. The summed E-state index contributed by atoms with van der Waals surface area (Å²) in [6.07, 6.45) is 2.30. The lowest BCUT2D eigenvalue weighted by Gasteiger charge is -2.08. The van der Waals surface area contributed by atoms with Crippen molar-refractivity contribution >= 4 is 50.7 Å². The van der Waals surface area contributed by atoms with Crippen LogP contribution in [0.1, 0.15) is 52.3 Å². The molecule has 1 aliphatic carbocycles. The van der Waals surface area contributed by atoms with Gasteiger partial charge in [-0.25, -0.2) is 9.97 Å². The minimum Gasteiger partial charge on any atom is -0.325 e. The molecule has 144 valence electrons. The van der Waals surface area contributed by atoms with Gasteiger partial charge in [-0.05, 0) is 63.4 Å². The number of Topliss-reactive ketones (excluding diaryl/α,β-unsaturated/α-hetero) is 1. The first kappa shape index (κ1) is 19.1. The number of hydrogen-bond donors (Lipinski definition) is 1. The summed E-state index contributed by atoms with van der Waals surface area (Å²) in [7, 11) is 0. The maximum Gasteiger partial charge on any atom is 0.234 e. The number of thioether (sulfide) groups is 1. The van der Waals surface area contributed by atoms with E-state index in [0.29, 0.717) is 17.2 Å². The van der Waals surface area contributed by atoms with E-state index in [2.05, 4.69) is 19.2 Å². The van der Waals surface area contributed by atoms with Gasteiger partial charge in [-0.1, -0.05) is 11.8 Å². The number of carbonyl (C=O) groups is 2. The van der Waals surface area contributed by atoms with E-state index in [4.69, 9.17) is 9.97 Å². The second kappa shape index (κ2) is 7.64. The predicted octanol–water partition coefficient (Wildman–Crippen LogP) is 5.12. The number of anilines is 1. The maximum atomic E-state index is 12.4. The third kappa shape index (κ3) is 3.95. The highest BCUT2D eigenvalue weighted by molar-refractivity contribution is 8.00. The monoisotopic (exact) mass is 411 g/mol. The minimum absolute atomic E-state index is 0.00843. The SMILES string of the molecule is CC(=O)c1ccc(NC(=O)CSc2nc(C3CC3)nc3sc(C)c(C)c23)cc1. The highest BCUT2D eigenvalue weighted by Gasteiger charge is 2.28. The van der Waals surface area contributed by atoms with Crippen molar-refractivity contribution in [2.75, 3.05) is 11.1 Å². The van der Waals surface area contributed by atoms with Crippen LogP contribution in [0.25, 0.3) is 10.2 Å². The van der Waals surface area contributed by atoms with Crippen molar-refractivity contribution in [2.45, 2.75) is 44.6 Å². The first-order valence-electron chi connectivity index (χ1n) is 9.23. The highest BCUT2D eigenvalue weighted by atomic mass is 32.2. The van der Waals surface area contributed by atoms with Crippen LogP contribution in [0.2, 0.25) is 0 Å². The molecule has 0 atom stereocenters. The molecule has 1 N–H and O–H groups in total. The number of aryl methyl sites for hydroxylation is 2. The molecule has 4 rings (SSSR count). The van der Waals surface area contributed by atoms with Gasteiger partial charge in [0.2, 0.25) is 5.91 Å². The second-order valence-corrected chi connectivity index (χ2v) is 9.26. The van der Waals surface area contributed by atoms with Gasteiger partial charge in [-0.2, -0.15) is 0 Å². The minimum atomic E-state index is -0.0927. The standard InChI is InChI=1S/C21H21N3O2S2/c1-11-13(3)28-21-18(11)20(23-19(24-21)15-4-5-15)27-10-17(26)22-16-8-6-14(7-9-16)12(2)25/h6-9,15H,4-5,10H2,1-3H3,(H,22,26). The zero-order valence-electron chi connectivity index (χ0n) is 16.0. The number of thiophene rings is 1. The van der Waals surface area contributed by atoms with Crippen LogP contribution in [0.15, 0.2) is 29.3 Å². The Hall–Kier alpha value is -2.25. The molecule has 1 fully saturated rings. The van der Waals surface area contributed by atoms with Crippen LogP contribution in [0, 0.1) is 13.8 Å². The van der Waals surface area contributed by atoms with Crippen molar-refractivity contribution in [1.29, 1.82) is 0 Å². The van der Waals surface area contributed by atoms with Crippen LogP contribution in [-0.2, 0) is 4.79 Å². The molecule has 3 aromatic rings. The molecule has 0 radical (unpaired) electrons. The van der Waals surface area contributed by atoms with Crippen LogP contribution in [-0.4, -0.2) is 27.4 Å². The Balaban J connectivity index is 1.50. The van der Waals surface area contributed by atoms with Crippen molar-refractivity contribution in [2.24, 2.45) is 0 Å². The van der Waals surface area contributed by atoms with Gasteiger partial charge in [0.1, 0.15) is 15.7 Å². The predicted molar refractivity (Wildman–Crippen MR) is 115 cm³/mol. The molecule has 0 unspecified atom stereocenters. The van der Waals surface area contributed by atoms with E-state index >= 15 is 0 Å². The zero-order valence-corrected chi connectivity index (χ0v) is 17.7. The van der Waals surface area contributed by atoms with E-state index in [1.54, 1.807) is 35.6 Å². The smallest absolute Gasteiger partial charge is 0.234 e. The summed E-state index contributed by atoms with van der Waals surface area (Å²) in [5.74, 6) is 1.58. The number of nitrogens with one attached hydrogen (secondary N) is 1. The fourth-order valence-electron chi connectivity index (χ4n) is 2.98. The molecule has 0 saturated heterocycles. The number of fused-ring (bicyclic) bond motifs is 1. The van der Waals surface area contributed by atoms with E-state index in [1.807, 2.05) is 0 Å². The fraction of sp³-hybridized carbons (Fsp3) is 0.333. The van der Waals surface area contributed by atoms with Crippen molar-refractivity contribution in [3.05, 3.63) is 46.1 Å². The number of hydrogen-bond acceptors (Lipinski definition) is 6. The van der Waals surface area contributed by atoms with Crippen molar-refractivity contribution in [1.82, 2.24) is 9.97 Å². The van der Waals surface area contributed by atoms with Gasteiger partial charge >= 0.3 is 0 Å². The lowest BCUT2D eigenvalue weighted by atomic mass is 10.1. The summed E-state index contributed by atoms with van der Waals surface area (Å²) in [5, 5.41) is 4.86. The Morgan fingerprint density at radius 1 is 1.18 bits per heavy atom. The Morgan fingerprint density at radius 2 is 1.89 bits per heavy atom. The summed E-state index contributed by atoms with van der Waals surface area (Å²) in [5.41, 5.74) is 2.52. The zero-order chi connectivity index (χ0) is 19.8. The largest absolute Gasteiger partial charge is 0.325 e. The Bertz CT molecular complexity index is 1070. The molecule has 7 heteroatoms. The summed E-state index contributed by atoms with van der Waals surface area (Å²) in [6.45, 7) is 5.72. The van der Waals surface area contributed by atoms with Crippen LogP contribution in [0.3, 0.4) is 0 Å². The summed E-state index contributed by atoms with van der Waals surface area (Å²) < 4.78 is 0. The fourth-order valence-corrected chi connectivity index (χ4v) is 4.97. The first-order chi connectivity index (χ1) is 13.4. The van der Waals surface area contributed by atoms with Gasteiger partial charge in [0, 0.05) is 27.4 Å². The quantitative estimate of drug-likeness (QED) is 0.346. The van der Waals surface area contributed by atoms with E-state index in [1.165, 1.54) is 29.1 Å². The first-order valence-corrected chi connectivity index (χ1v) is 11.0. The molecule has 1 aliphatic rings. The van der Waals surface area contributed by atoms with Gasteiger partial charge < -0.3 is 5.32 Å². The van der Waals surface area contributed by atoms with Crippen molar-refractivity contribution in [3.63, 3.8) is 0 Å². The average molecular weight is 412 g/mol. The van der Waals surface area contributed by atoms with Crippen LogP contribution in [0.5, 0.6) is 0 Å². The van der Waals surface area contributed by atoms with E-state index < -0.39 is 0 Å². The van der Waals surface area contributed by atoms with Crippen molar-refractivity contribution in [3.8, 4) is 0 Å². The van der Waals surface area contributed by atoms with Crippen LogP contribution < -0.4 is 5.32 Å². The molecule has 1 saturated carbocycles. The third-order valence-electron chi connectivity index (χ3n) is 4.87. The molecule has 0 spiro atoms. The lowest BCUT2D eigenvalue weighted by molar-refractivity contribution is -0.113. The number of benzene rings is 1. The number of nitrogens with zero attached hydrogens (tertiary/aromatic N) is 2. The molecule has 2 heterocycles. The number of carbonyl (C=O) groups excluding carboxylic acids is 2. The molecule has 1 aromatic carbocycles. The van der Waals surface area contributed by atoms with Gasteiger partial charge in [-0.15, -0.1) is 11.3 Å². The van der Waals surface area contributed by atoms with Crippen LogP contribution in [0.4, 0.5) is 5.69 Å². The number of aromatic nitrogens is 2. The molecule has 2 aromatic heterocycles. The van der Waals surface area contributed by atoms with Crippen molar-refractivity contribution < 1.29 is 9.59 Å². The second-order valence-electron chi connectivity index (χ2n) is 7.10. The van der Waals surface area contributed by atoms with Gasteiger partial charge in [0.25, 0.3) is 0 Å². The summed E-state index contributed by atoms with van der Waals surface area (Å²) in [6, 6.07) is 6.94.